The summed E-state index contributed by atoms with van der Waals surface area (Å²) in [6, 6.07) is 20.0. The number of rotatable bonds is 3. The first kappa shape index (κ1) is 26.2. The smallest absolute Gasteiger partial charge is 0.324 e. The number of non-ortho nitro benzene ring substituents is 1. The number of imidazole rings is 2. The standard InChI is InChI=1S/C31H19N13O4/c1-16-8-10-18-20(14-16)40-24(34-18)36-26-38-30(22-6-2-4-12-32-22)31(42(26)28(40)45,23-7-3-5-13-33-23)43-27(39-30)37-25-35-19-11-9-17(44(47)48)15-21(19)41(25)29(43)46/h2-15H,1H3,(H,34,36,38)(H,35,37,39)/t30-,31+/m0/s1. The summed E-state index contributed by atoms with van der Waals surface area (Å²) in [5.41, 5.74) is -1.80. The van der Waals surface area contributed by atoms with E-state index < -0.39 is 27.6 Å². The lowest BCUT2D eigenvalue weighted by molar-refractivity contribution is -0.384. The lowest BCUT2D eigenvalue weighted by Gasteiger charge is -2.38. The van der Waals surface area contributed by atoms with E-state index in [2.05, 4.69) is 25.6 Å². The number of aryl methyl sites for hydroxylation is 1. The van der Waals surface area contributed by atoms with Gasteiger partial charge in [0.25, 0.3) is 5.69 Å². The first-order valence-electron chi connectivity index (χ1n) is 14.7. The minimum atomic E-state index is -1.87. The molecular formula is C31H19N13O4. The zero-order valence-corrected chi connectivity index (χ0v) is 24.6. The number of aromatic nitrogens is 10. The van der Waals surface area contributed by atoms with Gasteiger partial charge in [0.1, 0.15) is 0 Å². The fraction of sp³-hybridized carbons (Fsp3) is 0.0968. The van der Waals surface area contributed by atoms with Gasteiger partial charge in [-0.05, 0) is 55.0 Å². The Morgan fingerprint density at radius 2 is 1.27 bits per heavy atom. The average Bonchev–Trinajstić information content (AvgIpc) is 3.80. The molecule has 8 heterocycles. The molecule has 2 atom stereocenters. The summed E-state index contributed by atoms with van der Waals surface area (Å²) in [4.78, 5) is 69.4. The van der Waals surface area contributed by atoms with Crippen molar-refractivity contribution in [3.05, 3.63) is 133 Å². The summed E-state index contributed by atoms with van der Waals surface area (Å²) in [5, 5.41) is 18.5. The number of pyridine rings is 2. The van der Waals surface area contributed by atoms with Crippen LogP contribution in [0.3, 0.4) is 0 Å². The molecule has 0 unspecified atom stereocenters. The lowest BCUT2D eigenvalue weighted by atomic mass is 9.87. The third-order valence-corrected chi connectivity index (χ3v) is 9.06. The molecule has 2 N–H and O–H groups in total. The first-order chi connectivity index (χ1) is 23.3. The number of nitrogens with one attached hydrogen (secondary N) is 2. The SMILES string of the molecule is Cc1ccc2nc3nc4n(c(=O)n3c2c1)[C@]1(c2ccccn2)n2c(nc3nc5ccc([N+](=O)[O-])cc5n3c2=O)N[C@]1(c1ccccn1)N4. The Morgan fingerprint density at radius 3 is 1.83 bits per heavy atom. The van der Waals surface area contributed by atoms with E-state index >= 15 is 9.59 Å². The Labute approximate surface area is 266 Å². The van der Waals surface area contributed by atoms with Crippen LogP contribution in [0.5, 0.6) is 0 Å². The van der Waals surface area contributed by atoms with Crippen molar-refractivity contribution >= 4 is 51.2 Å². The number of nitrogens with zero attached hydrogens (tertiary/aromatic N) is 11. The molecule has 0 fully saturated rings. The van der Waals surface area contributed by atoms with Gasteiger partial charge < -0.3 is 10.6 Å². The molecule has 6 aromatic heterocycles. The van der Waals surface area contributed by atoms with Crippen molar-refractivity contribution in [2.75, 3.05) is 10.6 Å². The van der Waals surface area contributed by atoms with Crippen molar-refractivity contribution in [1.29, 1.82) is 0 Å². The first-order valence-corrected chi connectivity index (χ1v) is 14.7. The van der Waals surface area contributed by atoms with Crippen LogP contribution in [0, 0.1) is 17.0 Å². The number of hydrogen-bond donors (Lipinski definition) is 2. The van der Waals surface area contributed by atoms with E-state index in [1.807, 2.05) is 25.1 Å². The van der Waals surface area contributed by atoms with Crippen molar-refractivity contribution in [2.45, 2.75) is 18.2 Å². The predicted octanol–water partition coefficient (Wildman–Crippen LogP) is 2.36. The van der Waals surface area contributed by atoms with Crippen molar-refractivity contribution in [3.8, 4) is 0 Å². The molecule has 0 amide bonds. The van der Waals surface area contributed by atoms with Gasteiger partial charge in [-0.1, -0.05) is 18.2 Å². The highest BCUT2D eigenvalue weighted by Gasteiger charge is 2.70. The number of fused-ring (bicyclic) bond motifs is 11. The Bertz CT molecular complexity index is 2840. The highest BCUT2D eigenvalue weighted by molar-refractivity contribution is 5.82. The van der Waals surface area contributed by atoms with E-state index in [0.29, 0.717) is 22.2 Å². The van der Waals surface area contributed by atoms with Crippen molar-refractivity contribution in [2.24, 2.45) is 0 Å². The second-order valence-electron chi connectivity index (χ2n) is 11.6. The Hall–Kier alpha value is -7.04. The molecule has 0 bridgehead atoms. The molecule has 2 aliphatic rings. The second kappa shape index (κ2) is 8.60. The number of nitro benzene ring substituents is 1. The quantitative estimate of drug-likeness (QED) is 0.212. The molecule has 10 rings (SSSR count). The zero-order valence-electron chi connectivity index (χ0n) is 24.6. The van der Waals surface area contributed by atoms with Gasteiger partial charge in [0.2, 0.25) is 34.8 Å². The largest absolute Gasteiger partial charge is 0.340 e. The number of nitro groups is 1. The number of hydrogen-bond acceptors (Lipinski definition) is 12. The Balaban J connectivity index is 1.43. The lowest BCUT2D eigenvalue weighted by Crippen LogP contribution is -2.61. The second-order valence-corrected chi connectivity index (χ2v) is 11.6. The molecule has 0 radical (unpaired) electrons. The maximum Gasteiger partial charge on any atom is 0.340 e. The molecule has 17 heteroatoms. The van der Waals surface area contributed by atoms with Crippen LogP contribution in [0.25, 0.3) is 33.6 Å². The number of benzene rings is 2. The summed E-state index contributed by atoms with van der Waals surface area (Å²) < 4.78 is 5.29. The van der Waals surface area contributed by atoms with Crippen LogP contribution >= 0.6 is 0 Å². The van der Waals surface area contributed by atoms with E-state index in [4.69, 9.17) is 15.0 Å². The minimum absolute atomic E-state index is 0.00112. The maximum absolute atomic E-state index is 15.1. The van der Waals surface area contributed by atoms with Crippen LogP contribution in [0.4, 0.5) is 17.6 Å². The summed E-state index contributed by atoms with van der Waals surface area (Å²) >= 11 is 0. The molecule has 2 aromatic carbocycles. The fourth-order valence-corrected chi connectivity index (χ4v) is 7.14. The van der Waals surface area contributed by atoms with Crippen LogP contribution < -0.4 is 22.0 Å². The van der Waals surface area contributed by atoms with Gasteiger partial charge in [-0.3, -0.25) is 20.1 Å². The van der Waals surface area contributed by atoms with Gasteiger partial charge in [0.15, 0.2) is 0 Å². The topological polar surface area (TPSA) is 197 Å². The Morgan fingerprint density at radius 1 is 0.708 bits per heavy atom. The average molecular weight is 638 g/mol. The number of anilines is 2. The normalized spacial score (nSPS) is 19.4. The third kappa shape index (κ3) is 2.95. The van der Waals surface area contributed by atoms with Gasteiger partial charge in [0.05, 0.1) is 38.4 Å². The maximum atomic E-state index is 15.1. The monoisotopic (exact) mass is 637 g/mol. The zero-order chi connectivity index (χ0) is 32.5. The van der Waals surface area contributed by atoms with E-state index in [9.17, 15) is 10.1 Å². The van der Waals surface area contributed by atoms with Crippen LogP contribution in [-0.4, -0.2) is 52.8 Å². The Kier molecular flexibility index (Phi) is 4.70. The molecule has 0 spiro atoms. The molecule has 48 heavy (non-hydrogen) atoms. The van der Waals surface area contributed by atoms with Crippen LogP contribution in [0.15, 0.2) is 94.8 Å². The fourth-order valence-electron chi connectivity index (χ4n) is 7.14. The predicted molar refractivity (Wildman–Crippen MR) is 171 cm³/mol. The van der Waals surface area contributed by atoms with Crippen LogP contribution in [0.2, 0.25) is 0 Å². The molecule has 0 aliphatic carbocycles. The van der Waals surface area contributed by atoms with E-state index in [0.717, 1.165) is 5.56 Å². The minimum Gasteiger partial charge on any atom is -0.324 e. The molecule has 232 valence electrons. The van der Waals surface area contributed by atoms with Crippen molar-refractivity contribution in [1.82, 2.24) is 47.8 Å². The summed E-state index contributed by atoms with van der Waals surface area (Å²) in [5.74, 6) is 0.289. The van der Waals surface area contributed by atoms with E-state index in [-0.39, 0.29) is 40.4 Å². The molecule has 0 saturated heterocycles. The molecule has 17 nitrogen and oxygen atoms in total. The summed E-state index contributed by atoms with van der Waals surface area (Å²) in [7, 11) is 0. The highest BCUT2D eigenvalue weighted by Crippen LogP contribution is 2.54. The molecule has 8 aromatic rings. The third-order valence-electron chi connectivity index (χ3n) is 9.06. The summed E-state index contributed by atoms with van der Waals surface area (Å²) in [6.45, 7) is 1.91. The van der Waals surface area contributed by atoms with Gasteiger partial charge >= 0.3 is 11.4 Å². The molecular weight excluding hydrogens is 618 g/mol. The van der Waals surface area contributed by atoms with Crippen molar-refractivity contribution < 1.29 is 4.92 Å². The van der Waals surface area contributed by atoms with Gasteiger partial charge in [0, 0.05) is 24.5 Å². The summed E-state index contributed by atoms with van der Waals surface area (Å²) in [6.07, 6.45) is 3.15. The van der Waals surface area contributed by atoms with Crippen molar-refractivity contribution in [3.63, 3.8) is 0 Å². The van der Waals surface area contributed by atoms with Gasteiger partial charge in [-0.25, -0.2) is 37.5 Å². The van der Waals surface area contributed by atoms with E-state index in [1.54, 1.807) is 48.8 Å². The van der Waals surface area contributed by atoms with Crippen LogP contribution in [-0.2, 0) is 11.3 Å². The highest BCUT2D eigenvalue weighted by atomic mass is 16.6. The van der Waals surface area contributed by atoms with E-state index in [1.165, 1.54) is 36.1 Å². The van der Waals surface area contributed by atoms with Gasteiger partial charge in [-0.15, -0.1) is 0 Å². The molecule has 2 aliphatic heterocycles. The van der Waals surface area contributed by atoms with Gasteiger partial charge in [-0.2, -0.15) is 9.97 Å². The molecule has 0 saturated carbocycles. The van der Waals surface area contributed by atoms with Crippen LogP contribution in [0.1, 0.15) is 17.0 Å².